The summed E-state index contributed by atoms with van der Waals surface area (Å²) < 4.78 is 12.2. The molecule has 1 aliphatic rings. The van der Waals surface area contributed by atoms with E-state index in [4.69, 9.17) is 9.31 Å². The summed E-state index contributed by atoms with van der Waals surface area (Å²) in [5.74, 6) is 0.0484. The largest absolute Gasteiger partial charge is 0.497 e. The smallest absolute Gasteiger partial charge is 0.399 e. The number of Topliss-reactive ketones (excluding diaryl/α,β-unsaturated/α-hetero) is 1. The summed E-state index contributed by atoms with van der Waals surface area (Å²) in [6, 6.07) is 5.85. The molecule has 1 aromatic heterocycles. The van der Waals surface area contributed by atoms with Crippen molar-refractivity contribution in [2.45, 2.75) is 45.8 Å². The molecule has 1 N–H and O–H groups in total. The Morgan fingerprint density at radius 3 is 2.33 bits per heavy atom. The van der Waals surface area contributed by atoms with Gasteiger partial charge in [0.05, 0.1) is 11.2 Å². The SMILES string of the molecule is CC(=O)c1c[nH]c2c(B3OC(C)(C)C(C)(C)O3)cccc12. The average molecular weight is 285 g/mol. The van der Waals surface area contributed by atoms with Gasteiger partial charge in [-0.2, -0.15) is 0 Å². The number of aromatic nitrogens is 1. The number of aromatic amines is 1. The Morgan fingerprint density at radius 1 is 1.14 bits per heavy atom. The van der Waals surface area contributed by atoms with Gasteiger partial charge in [-0.1, -0.05) is 18.2 Å². The van der Waals surface area contributed by atoms with E-state index in [1.807, 2.05) is 45.9 Å². The Bertz CT molecular complexity index is 701. The van der Waals surface area contributed by atoms with Crippen molar-refractivity contribution >= 4 is 29.3 Å². The van der Waals surface area contributed by atoms with Crippen molar-refractivity contribution in [3.8, 4) is 0 Å². The molecule has 0 atom stereocenters. The fourth-order valence-corrected chi connectivity index (χ4v) is 2.64. The number of H-pyrrole nitrogens is 1. The van der Waals surface area contributed by atoms with Crippen molar-refractivity contribution in [2.75, 3.05) is 0 Å². The Balaban J connectivity index is 2.09. The number of para-hydroxylation sites is 1. The van der Waals surface area contributed by atoms with E-state index in [9.17, 15) is 4.79 Å². The fourth-order valence-electron chi connectivity index (χ4n) is 2.64. The summed E-state index contributed by atoms with van der Waals surface area (Å²) in [4.78, 5) is 14.9. The maximum Gasteiger partial charge on any atom is 0.497 e. The van der Waals surface area contributed by atoms with Crippen molar-refractivity contribution in [3.63, 3.8) is 0 Å². The van der Waals surface area contributed by atoms with E-state index in [2.05, 4.69) is 4.98 Å². The number of benzene rings is 1. The van der Waals surface area contributed by atoms with Gasteiger partial charge in [0.15, 0.2) is 5.78 Å². The number of carbonyl (C=O) groups excluding carboxylic acids is 1. The van der Waals surface area contributed by atoms with Gasteiger partial charge in [-0.25, -0.2) is 0 Å². The molecule has 3 rings (SSSR count). The summed E-state index contributed by atoms with van der Waals surface area (Å²) in [5.41, 5.74) is 1.77. The predicted octanol–water partition coefficient (Wildman–Crippen LogP) is 2.67. The minimum absolute atomic E-state index is 0.0484. The Labute approximate surface area is 125 Å². The lowest BCUT2D eigenvalue weighted by molar-refractivity contribution is 0.00578. The highest BCUT2D eigenvalue weighted by Crippen LogP contribution is 2.37. The van der Waals surface area contributed by atoms with E-state index >= 15 is 0 Å². The topological polar surface area (TPSA) is 51.3 Å². The summed E-state index contributed by atoms with van der Waals surface area (Å²) in [6.45, 7) is 9.70. The van der Waals surface area contributed by atoms with Gasteiger partial charge in [0.25, 0.3) is 0 Å². The third-order valence-corrected chi connectivity index (χ3v) is 4.63. The van der Waals surface area contributed by atoms with Crippen molar-refractivity contribution < 1.29 is 14.1 Å². The first-order valence-corrected chi connectivity index (χ1v) is 7.19. The van der Waals surface area contributed by atoms with Crippen LogP contribution < -0.4 is 5.46 Å². The molecule has 0 aliphatic carbocycles. The second kappa shape index (κ2) is 4.45. The number of carbonyl (C=O) groups is 1. The van der Waals surface area contributed by atoms with Crippen molar-refractivity contribution in [2.24, 2.45) is 0 Å². The first kappa shape index (κ1) is 14.4. The molecular formula is C16H20BNO3. The van der Waals surface area contributed by atoms with Gasteiger partial charge in [0.1, 0.15) is 0 Å². The first-order valence-electron chi connectivity index (χ1n) is 7.19. The van der Waals surface area contributed by atoms with Crippen LogP contribution in [0, 0.1) is 0 Å². The highest BCUT2D eigenvalue weighted by Gasteiger charge is 2.52. The standard InChI is InChI=1S/C16H20BNO3/c1-10(19)12-9-18-14-11(12)7-6-8-13(14)17-20-15(2,3)16(4,5)21-17/h6-9,18H,1-5H3. The maximum atomic E-state index is 11.7. The molecule has 0 unspecified atom stereocenters. The van der Waals surface area contributed by atoms with Crippen LogP contribution in [0.5, 0.6) is 0 Å². The molecule has 2 heterocycles. The number of hydrogen-bond donors (Lipinski definition) is 1. The van der Waals surface area contributed by atoms with Crippen LogP contribution in [-0.4, -0.2) is 29.1 Å². The zero-order valence-electron chi connectivity index (χ0n) is 13.1. The quantitative estimate of drug-likeness (QED) is 0.681. The summed E-state index contributed by atoms with van der Waals surface area (Å²) >= 11 is 0. The highest BCUT2D eigenvalue weighted by atomic mass is 16.7. The van der Waals surface area contributed by atoms with Gasteiger partial charge < -0.3 is 14.3 Å². The number of nitrogens with one attached hydrogen (secondary N) is 1. The molecule has 110 valence electrons. The van der Waals surface area contributed by atoms with Crippen LogP contribution in [0.2, 0.25) is 0 Å². The van der Waals surface area contributed by atoms with E-state index in [1.165, 1.54) is 0 Å². The Morgan fingerprint density at radius 2 is 1.76 bits per heavy atom. The van der Waals surface area contributed by atoms with Crippen molar-refractivity contribution in [1.29, 1.82) is 0 Å². The number of fused-ring (bicyclic) bond motifs is 1. The molecular weight excluding hydrogens is 265 g/mol. The number of hydrogen-bond acceptors (Lipinski definition) is 3. The summed E-state index contributed by atoms with van der Waals surface area (Å²) in [7, 11) is -0.433. The van der Waals surface area contributed by atoms with E-state index in [-0.39, 0.29) is 17.0 Å². The lowest BCUT2D eigenvalue weighted by Gasteiger charge is -2.32. The molecule has 1 aliphatic heterocycles. The molecule has 0 bridgehead atoms. The molecule has 0 radical (unpaired) electrons. The predicted molar refractivity (Wildman–Crippen MR) is 84.0 cm³/mol. The number of rotatable bonds is 2. The lowest BCUT2D eigenvalue weighted by atomic mass is 9.77. The molecule has 5 heteroatoms. The first-order chi connectivity index (χ1) is 9.73. The van der Waals surface area contributed by atoms with Crippen LogP contribution in [-0.2, 0) is 9.31 Å². The number of ketones is 1. The van der Waals surface area contributed by atoms with Crippen molar-refractivity contribution in [3.05, 3.63) is 30.0 Å². The molecule has 1 fully saturated rings. The molecule has 2 aromatic rings. The highest BCUT2D eigenvalue weighted by molar-refractivity contribution is 6.65. The van der Waals surface area contributed by atoms with Gasteiger partial charge in [-0.05, 0) is 34.6 Å². The van der Waals surface area contributed by atoms with Crippen molar-refractivity contribution in [1.82, 2.24) is 4.98 Å². The minimum atomic E-state index is -0.433. The maximum absolute atomic E-state index is 11.7. The van der Waals surface area contributed by atoms with E-state index < -0.39 is 7.12 Å². The van der Waals surface area contributed by atoms with Gasteiger partial charge >= 0.3 is 7.12 Å². The van der Waals surface area contributed by atoms with Crippen LogP contribution in [0.3, 0.4) is 0 Å². The second-order valence-corrected chi connectivity index (χ2v) is 6.62. The third-order valence-electron chi connectivity index (χ3n) is 4.63. The van der Waals surface area contributed by atoms with Crippen LogP contribution in [0.25, 0.3) is 10.9 Å². The monoisotopic (exact) mass is 285 g/mol. The zero-order valence-corrected chi connectivity index (χ0v) is 13.1. The molecule has 4 nitrogen and oxygen atoms in total. The third kappa shape index (κ3) is 2.12. The van der Waals surface area contributed by atoms with Gasteiger partial charge in [-0.15, -0.1) is 0 Å². The zero-order chi connectivity index (χ0) is 15.4. The molecule has 1 saturated heterocycles. The van der Waals surface area contributed by atoms with E-state index in [1.54, 1.807) is 13.1 Å². The Hall–Kier alpha value is -1.59. The average Bonchev–Trinajstić information content (AvgIpc) is 2.88. The summed E-state index contributed by atoms with van der Waals surface area (Å²) in [6.07, 6.45) is 1.75. The lowest BCUT2D eigenvalue weighted by Crippen LogP contribution is -2.41. The fraction of sp³-hybridized carbons (Fsp3) is 0.438. The molecule has 1 aromatic carbocycles. The van der Waals surface area contributed by atoms with Gasteiger partial charge in [0.2, 0.25) is 0 Å². The Kier molecular flexibility index (Phi) is 3.04. The normalized spacial score (nSPS) is 20.1. The van der Waals surface area contributed by atoms with E-state index in [0.29, 0.717) is 5.56 Å². The van der Waals surface area contributed by atoms with Gasteiger partial charge in [0, 0.05) is 28.1 Å². The van der Waals surface area contributed by atoms with Crippen LogP contribution in [0.4, 0.5) is 0 Å². The van der Waals surface area contributed by atoms with Gasteiger partial charge in [-0.3, -0.25) is 4.79 Å². The molecule has 0 saturated carbocycles. The van der Waals surface area contributed by atoms with E-state index in [0.717, 1.165) is 16.4 Å². The van der Waals surface area contributed by atoms with Crippen LogP contribution >= 0.6 is 0 Å². The summed E-state index contributed by atoms with van der Waals surface area (Å²) in [5, 5.41) is 0.912. The molecule has 21 heavy (non-hydrogen) atoms. The minimum Gasteiger partial charge on any atom is -0.399 e. The molecule has 0 amide bonds. The van der Waals surface area contributed by atoms with Crippen LogP contribution in [0.1, 0.15) is 45.0 Å². The second-order valence-electron chi connectivity index (χ2n) is 6.62. The van der Waals surface area contributed by atoms with Crippen LogP contribution in [0.15, 0.2) is 24.4 Å². The molecule has 0 spiro atoms.